The summed E-state index contributed by atoms with van der Waals surface area (Å²) >= 11 is 5.79. The lowest BCUT2D eigenvalue weighted by atomic mass is 9.86. The van der Waals surface area contributed by atoms with Crippen LogP contribution in [0.5, 0.6) is 0 Å². The van der Waals surface area contributed by atoms with Gasteiger partial charge < -0.3 is 0 Å². The fourth-order valence-electron chi connectivity index (χ4n) is 1.90. The lowest BCUT2D eigenvalue weighted by Gasteiger charge is -2.20. The van der Waals surface area contributed by atoms with Gasteiger partial charge in [0.25, 0.3) is 0 Å². The lowest BCUT2D eigenvalue weighted by Crippen LogP contribution is -2.08. The molecule has 0 aliphatic heterocycles. The Morgan fingerprint density at radius 3 is 2.47 bits per heavy atom. The van der Waals surface area contributed by atoms with Crippen LogP contribution in [0.1, 0.15) is 37.3 Å². The van der Waals surface area contributed by atoms with E-state index in [-0.39, 0.29) is 5.82 Å². The number of halogens is 2. The third-order valence-corrected chi connectivity index (χ3v) is 3.05. The van der Waals surface area contributed by atoms with E-state index in [9.17, 15) is 4.39 Å². The highest BCUT2D eigenvalue weighted by atomic mass is 35.5. The number of hydrogen-bond donors (Lipinski definition) is 0. The van der Waals surface area contributed by atoms with Gasteiger partial charge in [-0.2, -0.15) is 0 Å². The summed E-state index contributed by atoms with van der Waals surface area (Å²) in [6, 6.07) is 5.36. The highest BCUT2D eigenvalue weighted by Crippen LogP contribution is 2.29. The largest absolute Gasteiger partial charge is 0.207 e. The summed E-state index contributed by atoms with van der Waals surface area (Å²) in [6.07, 6.45) is 0.949. The van der Waals surface area contributed by atoms with Crippen molar-refractivity contribution in [3.8, 4) is 0 Å². The molecule has 0 nitrogen and oxygen atoms in total. The Labute approximate surface area is 96.5 Å². The van der Waals surface area contributed by atoms with Gasteiger partial charge in [-0.25, -0.2) is 4.39 Å². The molecular weight excluding hydrogens is 211 g/mol. The molecule has 0 amide bonds. The number of benzene rings is 1. The molecule has 0 aliphatic rings. The summed E-state index contributed by atoms with van der Waals surface area (Å²) in [4.78, 5) is 0. The van der Waals surface area contributed by atoms with E-state index >= 15 is 0 Å². The Kier molecular flexibility index (Phi) is 4.59. The van der Waals surface area contributed by atoms with Crippen LogP contribution in [0.3, 0.4) is 0 Å². The molecule has 0 aromatic heterocycles. The standard InChI is InChI=1S/C13H18ClF/c1-9(2)12(6-7-14)11-4-5-13(15)10(3)8-11/h4-5,8-9,12H,6-7H2,1-3H3. The average Bonchev–Trinajstić information content (AvgIpc) is 2.18. The van der Waals surface area contributed by atoms with Crippen LogP contribution in [0, 0.1) is 18.7 Å². The molecule has 1 unspecified atom stereocenters. The Morgan fingerprint density at radius 1 is 1.33 bits per heavy atom. The fraction of sp³-hybridized carbons (Fsp3) is 0.538. The molecule has 0 aliphatic carbocycles. The van der Waals surface area contributed by atoms with Gasteiger partial charge in [-0.15, -0.1) is 11.6 Å². The van der Waals surface area contributed by atoms with Crippen molar-refractivity contribution in [2.75, 3.05) is 5.88 Å². The summed E-state index contributed by atoms with van der Waals surface area (Å²) in [5.41, 5.74) is 1.91. The minimum Gasteiger partial charge on any atom is -0.207 e. The molecule has 0 radical (unpaired) electrons. The van der Waals surface area contributed by atoms with Crippen molar-refractivity contribution < 1.29 is 4.39 Å². The van der Waals surface area contributed by atoms with Gasteiger partial charge in [0.1, 0.15) is 5.82 Å². The smallest absolute Gasteiger partial charge is 0.126 e. The molecule has 84 valence electrons. The van der Waals surface area contributed by atoms with Crippen LogP contribution >= 0.6 is 11.6 Å². The fourth-order valence-corrected chi connectivity index (χ4v) is 2.14. The van der Waals surface area contributed by atoms with Crippen molar-refractivity contribution in [3.63, 3.8) is 0 Å². The highest BCUT2D eigenvalue weighted by molar-refractivity contribution is 6.17. The van der Waals surface area contributed by atoms with Crippen molar-refractivity contribution in [3.05, 3.63) is 35.1 Å². The van der Waals surface area contributed by atoms with Gasteiger partial charge in [-0.3, -0.25) is 0 Å². The third kappa shape index (κ3) is 3.20. The Morgan fingerprint density at radius 2 is 2.00 bits per heavy atom. The number of rotatable bonds is 4. The zero-order chi connectivity index (χ0) is 11.4. The summed E-state index contributed by atoms with van der Waals surface area (Å²) in [5.74, 6) is 1.49. The van der Waals surface area contributed by atoms with Crippen molar-refractivity contribution >= 4 is 11.6 Å². The topological polar surface area (TPSA) is 0 Å². The lowest BCUT2D eigenvalue weighted by molar-refractivity contribution is 0.485. The second kappa shape index (κ2) is 5.50. The van der Waals surface area contributed by atoms with E-state index in [0.29, 0.717) is 23.3 Å². The van der Waals surface area contributed by atoms with Gasteiger partial charge in [0.15, 0.2) is 0 Å². The summed E-state index contributed by atoms with van der Waals surface area (Å²) < 4.78 is 13.1. The first-order valence-corrected chi connectivity index (χ1v) is 5.91. The second-order valence-electron chi connectivity index (χ2n) is 4.34. The molecule has 1 aromatic rings. The number of hydrogen-bond acceptors (Lipinski definition) is 0. The molecule has 0 spiro atoms. The van der Waals surface area contributed by atoms with Gasteiger partial charge in [-0.1, -0.05) is 26.0 Å². The summed E-state index contributed by atoms with van der Waals surface area (Å²) in [6.45, 7) is 6.16. The Bertz CT molecular complexity index is 320. The molecule has 1 aromatic carbocycles. The van der Waals surface area contributed by atoms with Gasteiger partial charge in [-0.05, 0) is 42.4 Å². The SMILES string of the molecule is Cc1cc(C(CCCl)C(C)C)ccc1F. The van der Waals surface area contributed by atoms with Gasteiger partial charge in [0.05, 0.1) is 0 Å². The first-order chi connectivity index (χ1) is 7.06. The van der Waals surface area contributed by atoms with Gasteiger partial charge in [0, 0.05) is 5.88 Å². The maximum Gasteiger partial charge on any atom is 0.126 e. The number of alkyl halides is 1. The predicted octanol–water partition coefficient (Wildman–Crippen LogP) is 4.50. The molecule has 0 bridgehead atoms. The van der Waals surface area contributed by atoms with E-state index in [1.165, 1.54) is 5.56 Å². The Balaban J connectivity index is 2.95. The average molecular weight is 229 g/mol. The third-order valence-electron chi connectivity index (χ3n) is 2.84. The maximum absolute atomic E-state index is 13.1. The van der Waals surface area contributed by atoms with Crippen molar-refractivity contribution in [2.45, 2.75) is 33.1 Å². The van der Waals surface area contributed by atoms with E-state index in [1.807, 2.05) is 12.1 Å². The van der Waals surface area contributed by atoms with Crippen molar-refractivity contribution in [2.24, 2.45) is 5.92 Å². The first-order valence-electron chi connectivity index (χ1n) is 5.38. The molecule has 15 heavy (non-hydrogen) atoms. The molecule has 1 atom stereocenters. The maximum atomic E-state index is 13.1. The molecule has 2 heteroatoms. The van der Waals surface area contributed by atoms with Crippen LogP contribution in [-0.2, 0) is 0 Å². The van der Waals surface area contributed by atoms with E-state index in [2.05, 4.69) is 13.8 Å². The zero-order valence-corrected chi connectivity index (χ0v) is 10.3. The van der Waals surface area contributed by atoms with E-state index in [0.717, 1.165) is 6.42 Å². The predicted molar refractivity (Wildman–Crippen MR) is 64.1 cm³/mol. The Hall–Kier alpha value is -0.560. The highest BCUT2D eigenvalue weighted by Gasteiger charge is 2.15. The minimum absolute atomic E-state index is 0.132. The van der Waals surface area contributed by atoms with Crippen molar-refractivity contribution in [1.82, 2.24) is 0 Å². The zero-order valence-electron chi connectivity index (χ0n) is 9.56. The van der Waals surface area contributed by atoms with Crippen LogP contribution < -0.4 is 0 Å². The van der Waals surface area contributed by atoms with E-state index in [1.54, 1.807) is 13.0 Å². The molecule has 0 saturated heterocycles. The first kappa shape index (κ1) is 12.5. The molecule has 0 heterocycles. The van der Waals surface area contributed by atoms with E-state index < -0.39 is 0 Å². The minimum atomic E-state index is -0.132. The monoisotopic (exact) mass is 228 g/mol. The quantitative estimate of drug-likeness (QED) is 0.666. The van der Waals surface area contributed by atoms with Crippen LogP contribution in [0.25, 0.3) is 0 Å². The van der Waals surface area contributed by atoms with Crippen LogP contribution in [0.15, 0.2) is 18.2 Å². The summed E-state index contributed by atoms with van der Waals surface area (Å²) in [7, 11) is 0. The molecule has 0 N–H and O–H groups in total. The molecule has 0 saturated carbocycles. The normalized spacial score (nSPS) is 13.2. The van der Waals surface area contributed by atoms with E-state index in [4.69, 9.17) is 11.6 Å². The summed E-state index contributed by atoms with van der Waals surface area (Å²) in [5, 5.41) is 0. The molecule has 1 rings (SSSR count). The van der Waals surface area contributed by atoms with Gasteiger partial charge >= 0.3 is 0 Å². The second-order valence-corrected chi connectivity index (χ2v) is 4.71. The van der Waals surface area contributed by atoms with Crippen LogP contribution in [0.2, 0.25) is 0 Å². The number of aryl methyl sites for hydroxylation is 1. The molecule has 0 fully saturated rings. The van der Waals surface area contributed by atoms with Crippen molar-refractivity contribution in [1.29, 1.82) is 0 Å². The van der Waals surface area contributed by atoms with Gasteiger partial charge in [0.2, 0.25) is 0 Å². The van der Waals surface area contributed by atoms with Crippen LogP contribution in [-0.4, -0.2) is 5.88 Å². The van der Waals surface area contributed by atoms with Crippen LogP contribution in [0.4, 0.5) is 4.39 Å². The molecular formula is C13H18ClF.